The fourth-order valence-electron chi connectivity index (χ4n) is 2.88. The van der Waals surface area contributed by atoms with E-state index in [0.29, 0.717) is 38.1 Å². The van der Waals surface area contributed by atoms with Crippen molar-refractivity contribution in [1.82, 2.24) is 10.6 Å². The lowest BCUT2D eigenvalue weighted by atomic mass is 10.1. The topological polar surface area (TPSA) is 107 Å². The van der Waals surface area contributed by atoms with E-state index in [2.05, 4.69) is 15.7 Å². The lowest BCUT2D eigenvalue weighted by Gasteiger charge is -2.11. The zero-order chi connectivity index (χ0) is 22.7. The second-order valence-corrected chi connectivity index (χ2v) is 7.56. The fourth-order valence-corrected chi connectivity index (χ4v) is 3.21. The number of hydrogen-bond donors (Lipinski definition) is 1. The number of ether oxygens (including phenoxy) is 1. The molecule has 2 aromatic carbocycles. The van der Waals surface area contributed by atoms with Gasteiger partial charge in [-0.2, -0.15) is 5.10 Å². The van der Waals surface area contributed by atoms with Crippen LogP contribution in [0.3, 0.4) is 0 Å². The van der Waals surface area contributed by atoms with Crippen LogP contribution >= 0.6 is 23.2 Å². The van der Waals surface area contributed by atoms with Gasteiger partial charge in [0.15, 0.2) is 12.4 Å². The summed E-state index contributed by atoms with van der Waals surface area (Å²) in [5, 5.41) is 8.72. The number of carbonyl (C=O) groups is 1. The third-order valence-electron chi connectivity index (χ3n) is 4.48. The number of aromatic nitrogens is 1. The van der Waals surface area contributed by atoms with Gasteiger partial charge in [0, 0.05) is 16.1 Å². The molecule has 0 aliphatic carbocycles. The Bertz CT molecular complexity index is 1380. The molecule has 162 valence electrons. The highest BCUT2D eigenvalue weighted by Crippen LogP contribution is 2.34. The average Bonchev–Trinajstić information content (AvgIpc) is 3.31. The summed E-state index contributed by atoms with van der Waals surface area (Å²) >= 11 is 12.1. The summed E-state index contributed by atoms with van der Waals surface area (Å²) in [5.74, 6) is 0.309. The van der Waals surface area contributed by atoms with Crippen LogP contribution in [0, 0.1) is 6.92 Å². The van der Waals surface area contributed by atoms with Crippen molar-refractivity contribution >= 4 is 46.3 Å². The number of hydrogen-bond acceptors (Lipinski definition) is 7. The summed E-state index contributed by atoms with van der Waals surface area (Å²) in [6.45, 7) is 1.48. The first-order valence-corrected chi connectivity index (χ1v) is 10.0. The fraction of sp³-hybridized carbons (Fsp3) is 0.0909. The molecule has 8 nitrogen and oxygen atoms in total. The predicted octanol–water partition coefficient (Wildman–Crippen LogP) is 4.59. The molecule has 0 saturated carbocycles. The molecule has 0 atom stereocenters. The maximum atomic E-state index is 12.5. The van der Waals surface area contributed by atoms with E-state index in [1.54, 1.807) is 30.3 Å². The quantitative estimate of drug-likeness (QED) is 0.325. The number of rotatable bonds is 6. The number of benzene rings is 2. The van der Waals surface area contributed by atoms with Crippen LogP contribution in [-0.4, -0.2) is 23.9 Å². The van der Waals surface area contributed by atoms with Gasteiger partial charge >= 0.3 is 0 Å². The van der Waals surface area contributed by atoms with Crippen molar-refractivity contribution in [3.63, 3.8) is 0 Å². The first-order valence-electron chi connectivity index (χ1n) is 9.29. The molecular weight excluding hydrogens is 457 g/mol. The molecule has 0 aliphatic rings. The van der Waals surface area contributed by atoms with E-state index in [1.165, 1.54) is 24.7 Å². The summed E-state index contributed by atoms with van der Waals surface area (Å²) in [7, 11) is 0. The minimum atomic E-state index is -0.536. The van der Waals surface area contributed by atoms with Gasteiger partial charge in [-0.25, -0.2) is 5.43 Å². The van der Waals surface area contributed by atoms with Crippen LogP contribution in [-0.2, 0) is 4.79 Å². The first kappa shape index (κ1) is 21.6. The molecule has 32 heavy (non-hydrogen) atoms. The molecule has 4 aromatic rings. The van der Waals surface area contributed by atoms with E-state index in [1.807, 2.05) is 6.92 Å². The molecule has 0 bridgehead atoms. The number of hydrazone groups is 1. The van der Waals surface area contributed by atoms with Crippen LogP contribution in [0.25, 0.3) is 22.3 Å². The normalized spacial score (nSPS) is 11.2. The van der Waals surface area contributed by atoms with Gasteiger partial charge in [0.2, 0.25) is 5.43 Å². The number of nitrogens with zero attached hydrogens (tertiary/aromatic N) is 2. The Morgan fingerprint density at radius 2 is 2.09 bits per heavy atom. The summed E-state index contributed by atoms with van der Waals surface area (Å²) in [6.07, 6.45) is 3.94. The first-order chi connectivity index (χ1) is 15.4. The molecule has 4 rings (SSSR count). The van der Waals surface area contributed by atoms with Gasteiger partial charge in [0.1, 0.15) is 17.6 Å². The predicted molar refractivity (Wildman–Crippen MR) is 120 cm³/mol. The van der Waals surface area contributed by atoms with Gasteiger partial charge in [-0.1, -0.05) is 28.4 Å². The van der Waals surface area contributed by atoms with Crippen LogP contribution in [0.15, 0.2) is 67.7 Å². The van der Waals surface area contributed by atoms with Crippen molar-refractivity contribution in [1.29, 1.82) is 0 Å². The Labute approximate surface area is 191 Å². The van der Waals surface area contributed by atoms with Gasteiger partial charge in [-0.15, -0.1) is 0 Å². The minimum Gasteiger partial charge on any atom is -0.483 e. The number of carbonyl (C=O) groups excluding carboxylic acids is 1. The monoisotopic (exact) mass is 471 g/mol. The highest BCUT2D eigenvalue weighted by atomic mass is 35.5. The van der Waals surface area contributed by atoms with Gasteiger partial charge in [0.25, 0.3) is 5.91 Å². The third-order valence-corrected chi connectivity index (χ3v) is 5.12. The van der Waals surface area contributed by atoms with E-state index in [0.717, 1.165) is 5.56 Å². The second kappa shape index (κ2) is 9.25. The summed E-state index contributed by atoms with van der Waals surface area (Å²) in [5.41, 5.74) is 3.86. The molecular formula is C22H15Cl2N3O5. The average molecular weight is 472 g/mol. The van der Waals surface area contributed by atoms with E-state index in [-0.39, 0.29) is 17.6 Å². The van der Waals surface area contributed by atoms with Gasteiger partial charge in [0.05, 0.1) is 28.9 Å². The van der Waals surface area contributed by atoms with E-state index < -0.39 is 5.91 Å². The molecule has 1 amide bonds. The molecule has 0 fully saturated rings. The van der Waals surface area contributed by atoms with Crippen molar-refractivity contribution in [2.75, 3.05) is 6.61 Å². The van der Waals surface area contributed by atoms with Crippen molar-refractivity contribution in [3.8, 4) is 17.1 Å². The molecule has 2 aromatic heterocycles. The smallest absolute Gasteiger partial charge is 0.277 e. The standard InChI is InChI=1S/C22H15Cl2N3O5/c1-12-6-20(15(8-17(12)24)19-4-5-26-32-19)31-11-21(28)27-25-9-13-10-30-18-3-2-14(23)7-16(18)22(13)29/h2-10H,11H2,1H3,(H,27,28)/b25-9+. The molecule has 1 N–H and O–H groups in total. The Balaban J connectivity index is 1.44. The summed E-state index contributed by atoms with van der Waals surface area (Å²) in [4.78, 5) is 24.7. The summed E-state index contributed by atoms with van der Waals surface area (Å²) < 4.78 is 16.2. The second-order valence-electron chi connectivity index (χ2n) is 6.72. The van der Waals surface area contributed by atoms with Crippen LogP contribution in [0.5, 0.6) is 5.75 Å². The molecule has 10 heteroatoms. The number of fused-ring (bicyclic) bond motifs is 1. The Morgan fingerprint density at radius 1 is 1.25 bits per heavy atom. The largest absolute Gasteiger partial charge is 0.483 e. The van der Waals surface area contributed by atoms with Crippen LogP contribution in [0.1, 0.15) is 11.1 Å². The Hall–Kier alpha value is -3.62. The number of aryl methyl sites for hydroxylation is 1. The number of amides is 1. The van der Waals surface area contributed by atoms with Crippen molar-refractivity contribution in [2.45, 2.75) is 6.92 Å². The number of halogens is 2. The molecule has 0 spiro atoms. The molecule has 2 heterocycles. The lowest BCUT2D eigenvalue weighted by molar-refractivity contribution is -0.123. The van der Waals surface area contributed by atoms with Gasteiger partial charge in [-0.05, 0) is 42.8 Å². The van der Waals surface area contributed by atoms with Crippen LogP contribution in [0.2, 0.25) is 10.0 Å². The lowest BCUT2D eigenvalue weighted by Crippen LogP contribution is -2.25. The van der Waals surface area contributed by atoms with Gasteiger partial charge in [-0.3, -0.25) is 9.59 Å². The summed E-state index contributed by atoms with van der Waals surface area (Å²) in [6, 6.07) is 9.75. The molecule has 0 radical (unpaired) electrons. The van der Waals surface area contributed by atoms with E-state index >= 15 is 0 Å². The van der Waals surface area contributed by atoms with Gasteiger partial charge < -0.3 is 13.7 Å². The van der Waals surface area contributed by atoms with E-state index in [4.69, 9.17) is 36.9 Å². The molecule has 0 saturated heterocycles. The van der Waals surface area contributed by atoms with Crippen molar-refractivity contribution in [3.05, 3.63) is 80.3 Å². The van der Waals surface area contributed by atoms with E-state index in [9.17, 15) is 9.59 Å². The zero-order valence-corrected chi connectivity index (χ0v) is 18.1. The minimum absolute atomic E-state index is 0.155. The third kappa shape index (κ3) is 4.66. The highest BCUT2D eigenvalue weighted by Gasteiger charge is 2.14. The SMILES string of the molecule is Cc1cc(OCC(=O)N/N=C/c2coc3ccc(Cl)cc3c2=O)c(-c2ccno2)cc1Cl. The Kier molecular flexibility index (Phi) is 6.25. The van der Waals surface area contributed by atoms with Crippen molar-refractivity contribution in [2.24, 2.45) is 5.10 Å². The maximum Gasteiger partial charge on any atom is 0.277 e. The van der Waals surface area contributed by atoms with Crippen molar-refractivity contribution < 1.29 is 18.5 Å². The van der Waals surface area contributed by atoms with Crippen LogP contribution in [0.4, 0.5) is 0 Å². The Morgan fingerprint density at radius 3 is 2.88 bits per heavy atom. The maximum absolute atomic E-state index is 12.5. The molecule has 0 unspecified atom stereocenters. The number of nitrogens with one attached hydrogen (secondary N) is 1. The highest BCUT2D eigenvalue weighted by molar-refractivity contribution is 6.31. The zero-order valence-electron chi connectivity index (χ0n) is 16.6. The van der Waals surface area contributed by atoms with Crippen LogP contribution < -0.4 is 15.6 Å². The molecule has 0 aliphatic heterocycles.